The largest absolute Gasteiger partial charge is 0.451 e. The molecule has 0 unspecified atom stereocenters. The highest BCUT2D eigenvalue weighted by molar-refractivity contribution is 7.17. The Bertz CT molecular complexity index is 1060. The summed E-state index contributed by atoms with van der Waals surface area (Å²) in [6, 6.07) is 8.59. The monoisotopic (exact) mass is 472 g/mol. The summed E-state index contributed by atoms with van der Waals surface area (Å²) in [4.78, 5) is 29.0. The Labute approximate surface area is 184 Å². The van der Waals surface area contributed by atoms with Crippen LogP contribution in [0.4, 0.5) is 10.1 Å². The van der Waals surface area contributed by atoms with Crippen molar-refractivity contribution < 1.29 is 18.7 Å². The van der Waals surface area contributed by atoms with Crippen LogP contribution in [0, 0.1) is 12.7 Å². The van der Waals surface area contributed by atoms with Crippen LogP contribution in [-0.2, 0) is 9.53 Å². The molecule has 0 aliphatic heterocycles. The third kappa shape index (κ3) is 5.25. The van der Waals surface area contributed by atoms with Gasteiger partial charge < -0.3 is 10.1 Å². The molecular formula is C19H12Cl3FN2O3S. The lowest BCUT2D eigenvalue weighted by Crippen LogP contribution is -2.21. The molecule has 0 spiro atoms. The third-order valence-corrected chi connectivity index (χ3v) is 5.68. The highest BCUT2D eigenvalue weighted by Gasteiger charge is 2.19. The van der Waals surface area contributed by atoms with Crippen LogP contribution in [0.3, 0.4) is 0 Å². The van der Waals surface area contributed by atoms with E-state index in [4.69, 9.17) is 39.5 Å². The average molecular weight is 474 g/mol. The summed E-state index contributed by atoms with van der Waals surface area (Å²) in [7, 11) is 0. The minimum atomic E-state index is -0.697. The maximum atomic E-state index is 13.1. The van der Waals surface area contributed by atoms with E-state index in [1.807, 2.05) is 0 Å². The fourth-order valence-electron chi connectivity index (χ4n) is 2.34. The SMILES string of the molecule is Cc1nc(-c2ccc(F)cc2)sc1C(=O)OCC(=O)Nc1c(Cl)cc(Cl)cc1Cl. The van der Waals surface area contributed by atoms with E-state index in [9.17, 15) is 14.0 Å². The molecule has 29 heavy (non-hydrogen) atoms. The summed E-state index contributed by atoms with van der Waals surface area (Å²) in [5.41, 5.74) is 1.29. The number of carbonyl (C=O) groups excluding carboxylic acids is 2. The Morgan fingerprint density at radius 3 is 2.38 bits per heavy atom. The fraction of sp³-hybridized carbons (Fsp3) is 0.105. The number of halogens is 4. The van der Waals surface area contributed by atoms with E-state index in [0.29, 0.717) is 21.3 Å². The summed E-state index contributed by atoms with van der Waals surface area (Å²) in [6.07, 6.45) is 0. The van der Waals surface area contributed by atoms with Gasteiger partial charge in [-0.2, -0.15) is 0 Å². The van der Waals surface area contributed by atoms with Crippen molar-refractivity contribution >= 4 is 63.7 Å². The van der Waals surface area contributed by atoms with Crippen molar-refractivity contribution in [2.45, 2.75) is 6.92 Å². The molecule has 0 aliphatic rings. The number of hydrogen-bond acceptors (Lipinski definition) is 5. The number of nitrogens with zero attached hydrogens (tertiary/aromatic N) is 1. The molecule has 0 saturated heterocycles. The van der Waals surface area contributed by atoms with E-state index in [0.717, 1.165) is 11.3 Å². The molecule has 1 heterocycles. The summed E-state index contributed by atoms with van der Waals surface area (Å²) in [6.45, 7) is 1.10. The summed E-state index contributed by atoms with van der Waals surface area (Å²) >= 11 is 18.9. The molecule has 3 rings (SSSR count). The molecule has 0 saturated carbocycles. The molecule has 5 nitrogen and oxygen atoms in total. The van der Waals surface area contributed by atoms with Crippen LogP contribution in [-0.4, -0.2) is 23.5 Å². The zero-order valence-electron chi connectivity index (χ0n) is 14.8. The van der Waals surface area contributed by atoms with Crippen LogP contribution >= 0.6 is 46.1 Å². The number of benzene rings is 2. The number of aromatic nitrogens is 1. The second-order valence-corrected chi connectivity index (χ2v) is 8.06. The number of amides is 1. The number of nitrogens with one attached hydrogen (secondary N) is 1. The van der Waals surface area contributed by atoms with Gasteiger partial charge in [-0.05, 0) is 43.3 Å². The lowest BCUT2D eigenvalue weighted by Gasteiger charge is -2.10. The Morgan fingerprint density at radius 1 is 1.14 bits per heavy atom. The number of aryl methyl sites for hydroxylation is 1. The van der Waals surface area contributed by atoms with E-state index in [2.05, 4.69) is 10.3 Å². The molecule has 10 heteroatoms. The van der Waals surface area contributed by atoms with Crippen molar-refractivity contribution in [3.05, 3.63) is 67.9 Å². The Kier molecular flexibility index (Phi) is 6.74. The lowest BCUT2D eigenvalue weighted by atomic mass is 10.2. The zero-order chi connectivity index (χ0) is 21.1. The molecular weight excluding hydrogens is 462 g/mol. The van der Waals surface area contributed by atoms with E-state index < -0.39 is 18.5 Å². The standard InChI is InChI=1S/C19H12Cl3FN2O3S/c1-9-17(29-18(24-9)10-2-4-12(23)5-3-10)19(27)28-8-15(26)25-16-13(21)6-11(20)7-14(16)22/h2-7H,8H2,1H3,(H,25,26). The van der Waals surface area contributed by atoms with Crippen molar-refractivity contribution in [1.29, 1.82) is 0 Å². The second kappa shape index (κ2) is 9.09. The van der Waals surface area contributed by atoms with Crippen LogP contribution in [0.15, 0.2) is 36.4 Å². The highest BCUT2D eigenvalue weighted by atomic mass is 35.5. The van der Waals surface area contributed by atoms with Crippen molar-refractivity contribution in [2.24, 2.45) is 0 Å². The molecule has 150 valence electrons. The smallest absolute Gasteiger partial charge is 0.350 e. The van der Waals surface area contributed by atoms with Gasteiger partial charge in [0.1, 0.15) is 15.7 Å². The average Bonchev–Trinajstić information content (AvgIpc) is 3.05. The van der Waals surface area contributed by atoms with E-state index >= 15 is 0 Å². The highest BCUT2D eigenvalue weighted by Crippen LogP contribution is 2.33. The van der Waals surface area contributed by atoms with Gasteiger partial charge in [0.05, 0.1) is 21.4 Å². The van der Waals surface area contributed by atoms with Crippen LogP contribution in [0.25, 0.3) is 10.6 Å². The zero-order valence-corrected chi connectivity index (χ0v) is 17.8. The summed E-state index contributed by atoms with van der Waals surface area (Å²) < 4.78 is 18.1. The first-order valence-corrected chi connectivity index (χ1v) is 10.0. The minimum absolute atomic E-state index is 0.157. The van der Waals surface area contributed by atoms with Crippen molar-refractivity contribution in [1.82, 2.24) is 4.98 Å². The van der Waals surface area contributed by atoms with Crippen molar-refractivity contribution in [3.63, 3.8) is 0 Å². The number of esters is 1. The normalized spacial score (nSPS) is 10.7. The Balaban J connectivity index is 1.65. The van der Waals surface area contributed by atoms with Gasteiger partial charge in [0.15, 0.2) is 6.61 Å². The number of carbonyl (C=O) groups is 2. The molecule has 3 aromatic rings. The van der Waals surface area contributed by atoms with Gasteiger partial charge in [-0.1, -0.05) is 34.8 Å². The first-order chi connectivity index (χ1) is 13.7. The maximum absolute atomic E-state index is 13.1. The third-order valence-electron chi connectivity index (χ3n) is 3.68. The first-order valence-electron chi connectivity index (χ1n) is 8.09. The number of thiazole rings is 1. The van der Waals surface area contributed by atoms with Crippen LogP contribution in [0.2, 0.25) is 15.1 Å². The maximum Gasteiger partial charge on any atom is 0.350 e. The van der Waals surface area contributed by atoms with Gasteiger partial charge in [-0.3, -0.25) is 4.79 Å². The molecule has 0 radical (unpaired) electrons. The molecule has 2 aromatic carbocycles. The van der Waals surface area contributed by atoms with Crippen LogP contribution < -0.4 is 5.32 Å². The minimum Gasteiger partial charge on any atom is -0.451 e. The van der Waals surface area contributed by atoms with Gasteiger partial charge in [-0.25, -0.2) is 14.2 Å². The second-order valence-electron chi connectivity index (χ2n) is 5.81. The molecule has 0 atom stereocenters. The number of rotatable bonds is 5. The van der Waals surface area contributed by atoms with Gasteiger partial charge in [0.25, 0.3) is 5.91 Å². The van der Waals surface area contributed by atoms with Crippen molar-refractivity contribution in [3.8, 4) is 10.6 Å². The van der Waals surface area contributed by atoms with Gasteiger partial charge in [0.2, 0.25) is 0 Å². The van der Waals surface area contributed by atoms with E-state index in [1.54, 1.807) is 19.1 Å². The van der Waals surface area contributed by atoms with Crippen molar-refractivity contribution in [2.75, 3.05) is 11.9 Å². The molecule has 0 aliphatic carbocycles. The van der Waals surface area contributed by atoms with Crippen LogP contribution in [0.1, 0.15) is 15.4 Å². The molecule has 0 fully saturated rings. The van der Waals surface area contributed by atoms with Crippen LogP contribution in [0.5, 0.6) is 0 Å². The van der Waals surface area contributed by atoms with E-state index in [1.165, 1.54) is 24.3 Å². The first kappa shape index (κ1) is 21.5. The predicted octanol–water partition coefficient (Wildman–Crippen LogP) is 6.01. The quantitative estimate of drug-likeness (QED) is 0.461. The summed E-state index contributed by atoms with van der Waals surface area (Å²) in [5.74, 6) is -1.68. The lowest BCUT2D eigenvalue weighted by molar-refractivity contribution is -0.119. The van der Waals surface area contributed by atoms with Gasteiger partial charge >= 0.3 is 5.97 Å². The number of anilines is 1. The predicted molar refractivity (Wildman–Crippen MR) is 113 cm³/mol. The summed E-state index contributed by atoms with van der Waals surface area (Å²) in [5, 5.41) is 3.65. The molecule has 1 aromatic heterocycles. The number of hydrogen-bond donors (Lipinski definition) is 1. The topological polar surface area (TPSA) is 68.3 Å². The fourth-order valence-corrected chi connectivity index (χ4v) is 4.21. The number of ether oxygens (including phenoxy) is 1. The molecule has 0 bridgehead atoms. The molecule has 1 amide bonds. The van der Waals surface area contributed by atoms with Gasteiger partial charge in [-0.15, -0.1) is 11.3 Å². The Morgan fingerprint density at radius 2 is 1.76 bits per heavy atom. The van der Waals surface area contributed by atoms with Gasteiger partial charge in [0, 0.05) is 10.6 Å². The molecule has 1 N–H and O–H groups in total. The van der Waals surface area contributed by atoms with E-state index in [-0.39, 0.29) is 26.4 Å². The Hall–Kier alpha value is -2.19.